The van der Waals surface area contributed by atoms with Crippen LogP contribution in [0.2, 0.25) is 0 Å². The first-order valence-electron chi connectivity index (χ1n) is 12.3. The smallest absolute Gasteiger partial charge is 0.241 e. The van der Waals surface area contributed by atoms with Gasteiger partial charge in [-0.05, 0) is 92.7 Å². The molecule has 1 saturated heterocycles. The molecule has 1 aliphatic carbocycles. The van der Waals surface area contributed by atoms with Gasteiger partial charge < -0.3 is 19.3 Å². The van der Waals surface area contributed by atoms with Crippen molar-refractivity contribution in [2.24, 2.45) is 5.92 Å². The van der Waals surface area contributed by atoms with Crippen LogP contribution in [0.5, 0.6) is 11.5 Å². The zero-order valence-electron chi connectivity index (χ0n) is 20.3. The molecule has 1 aliphatic heterocycles. The van der Waals surface area contributed by atoms with Crippen molar-refractivity contribution in [2.75, 3.05) is 27.3 Å². The highest BCUT2D eigenvalue weighted by Crippen LogP contribution is 2.33. The molecule has 0 saturated carbocycles. The Morgan fingerprint density at radius 1 is 1.06 bits per heavy atom. The highest BCUT2D eigenvalue weighted by molar-refractivity contribution is 5.79. The predicted molar refractivity (Wildman–Crippen MR) is 131 cm³/mol. The fourth-order valence-electron chi connectivity index (χ4n) is 5.08. The molecule has 0 bridgehead atoms. The number of benzene rings is 2. The van der Waals surface area contributed by atoms with Crippen LogP contribution in [0, 0.1) is 5.92 Å². The molecule has 1 amide bonds. The average Bonchev–Trinajstić information content (AvgIpc) is 3.37. The highest BCUT2D eigenvalue weighted by Gasteiger charge is 2.29. The van der Waals surface area contributed by atoms with Gasteiger partial charge in [-0.25, -0.2) is 0 Å². The number of piperidine rings is 1. The van der Waals surface area contributed by atoms with Crippen LogP contribution in [0.3, 0.4) is 0 Å². The molecule has 5 rings (SSSR count). The molecule has 3 aromatic rings. The number of hydrogen-bond donors (Lipinski definition) is 1. The van der Waals surface area contributed by atoms with E-state index >= 15 is 0 Å². The predicted octanol–water partition coefficient (Wildman–Crippen LogP) is 4.16. The fraction of sp³-hybridized carbons (Fsp3) is 0.444. The monoisotopic (exact) mass is 476 g/mol. The number of fused-ring (bicyclic) bond motifs is 1. The number of likely N-dealkylation sites (tertiary alicyclic amines) is 1. The SMILES string of the molecule is COc1ccc(-c2noc(CN3CCC(C(=O)NC4CCCc5cc(OC)ccc54)CC3)n2)cc1. The standard InChI is InChI=1S/C27H32N4O4/c1-33-21-8-6-18(7-9-21)26-29-25(35-30-26)17-31-14-12-19(13-15-31)27(32)28-24-5-3-4-20-16-22(34-2)10-11-23(20)24/h6-11,16,19,24H,3-5,12-15,17H2,1-2H3,(H,28,32). The molecule has 0 radical (unpaired) electrons. The van der Waals surface area contributed by atoms with Gasteiger partial charge >= 0.3 is 0 Å². The Bertz CT molecular complexity index is 1150. The van der Waals surface area contributed by atoms with Gasteiger partial charge in [0.1, 0.15) is 11.5 Å². The first-order valence-corrected chi connectivity index (χ1v) is 12.3. The van der Waals surface area contributed by atoms with Gasteiger partial charge in [0.25, 0.3) is 0 Å². The minimum absolute atomic E-state index is 0.0346. The lowest BCUT2D eigenvalue weighted by atomic mass is 9.86. The Morgan fingerprint density at radius 3 is 2.54 bits per heavy atom. The van der Waals surface area contributed by atoms with E-state index in [-0.39, 0.29) is 17.9 Å². The number of carbonyl (C=O) groups excluding carboxylic acids is 1. The van der Waals surface area contributed by atoms with Crippen molar-refractivity contribution in [3.8, 4) is 22.9 Å². The second-order valence-corrected chi connectivity index (χ2v) is 9.31. The molecule has 0 spiro atoms. The van der Waals surface area contributed by atoms with Crippen LogP contribution in [-0.2, 0) is 17.8 Å². The summed E-state index contributed by atoms with van der Waals surface area (Å²) in [6.07, 6.45) is 4.75. The summed E-state index contributed by atoms with van der Waals surface area (Å²) in [5.41, 5.74) is 3.40. The van der Waals surface area contributed by atoms with E-state index in [1.165, 1.54) is 11.1 Å². The average molecular weight is 477 g/mol. The minimum Gasteiger partial charge on any atom is -0.497 e. The van der Waals surface area contributed by atoms with Crippen molar-refractivity contribution in [1.82, 2.24) is 20.4 Å². The van der Waals surface area contributed by atoms with Crippen molar-refractivity contribution < 1.29 is 18.8 Å². The Kier molecular flexibility index (Phi) is 6.99. The molecule has 1 fully saturated rings. The summed E-state index contributed by atoms with van der Waals surface area (Å²) < 4.78 is 16.0. The Morgan fingerprint density at radius 2 is 1.80 bits per heavy atom. The number of aromatic nitrogens is 2. The highest BCUT2D eigenvalue weighted by atomic mass is 16.5. The number of carbonyl (C=O) groups is 1. The molecule has 184 valence electrons. The summed E-state index contributed by atoms with van der Waals surface area (Å²) in [6.45, 7) is 2.25. The first kappa shape index (κ1) is 23.4. The van der Waals surface area contributed by atoms with Crippen molar-refractivity contribution in [1.29, 1.82) is 0 Å². The van der Waals surface area contributed by atoms with Crippen LogP contribution in [0.15, 0.2) is 47.0 Å². The van der Waals surface area contributed by atoms with E-state index in [1.807, 2.05) is 30.3 Å². The zero-order valence-corrected chi connectivity index (χ0v) is 20.3. The van der Waals surface area contributed by atoms with Crippen LogP contribution >= 0.6 is 0 Å². The third-order valence-electron chi connectivity index (χ3n) is 7.11. The van der Waals surface area contributed by atoms with E-state index < -0.39 is 0 Å². The van der Waals surface area contributed by atoms with Gasteiger partial charge in [0.15, 0.2) is 0 Å². The Balaban J connectivity index is 1.13. The third kappa shape index (κ3) is 5.32. The van der Waals surface area contributed by atoms with E-state index in [0.29, 0.717) is 18.3 Å². The largest absolute Gasteiger partial charge is 0.497 e. The van der Waals surface area contributed by atoms with E-state index in [9.17, 15) is 4.79 Å². The van der Waals surface area contributed by atoms with Gasteiger partial charge in [0.05, 0.1) is 26.8 Å². The second-order valence-electron chi connectivity index (χ2n) is 9.31. The second kappa shape index (κ2) is 10.5. The molecular weight excluding hydrogens is 444 g/mol. The number of amides is 1. The maximum Gasteiger partial charge on any atom is 0.241 e. The molecule has 1 N–H and O–H groups in total. The van der Waals surface area contributed by atoms with Crippen molar-refractivity contribution >= 4 is 5.91 Å². The minimum atomic E-state index is 0.0346. The summed E-state index contributed by atoms with van der Waals surface area (Å²) in [4.78, 5) is 19.9. The zero-order chi connectivity index (χ0) is 24.2. The topological polar surface area (TPSA) is 89.7 Å². The number of nitrogens with one attached hydrogen (secondary N) is 1. The number of hydrogen-bond acceptors (Lipinski definition) is 7. The number of nitrogens with zero attached hydrogens (tertiary/aromatic N) is 3. The van der Waals surface area contributed by atoms with Crippen LogP contribution in [-0.4, -0.2) is 48.3 Å². The van der Waals surface area contributed by atoms with Crippen molar-refractivity contribution in [3.05, 3.63) is 59.5 Å². The maximum absolute atomic E-state index is 13.1. The van der Waals surface area contributed by atoms with Crippen LogP contribution < -0.4 is 14.8 Å². The lowest BCUT2D eigenvalue weighted by molar-refractivity contribution is -0.127. The van der Waals surface area contributed by atoms with Crippen molar-refractivity contribution in [3.63, 3.8) is 0 Å². The summed E-state index contributed by atoms with van der Waals surface area (Å²) in [5.74, 6) is 3.03. The summed E-state index contributed by atoms with van der Waals surface area (Å²) >= 11 is 0. The molecule has 1 aromatic heterocycles. The van der Waals surface area contributed by atoms with Gasteiger partial charge in [-0.2, -0.15) is 4.98 Å². The quantitative estimate of drug-likeness (QED) is 0.548. The molecule has 35 heavy (non-hydrogen) atoms. The van der Waals surface area contributed by atoms with Gasteiger partial charge in [0.2, 0.25) is 17.6 Å². The molecule has 8 heteroatoms. The molecule has 2 heterocycles. The summed E-state index contributed by atoms with van der Waals surface area (Å²) in [5, 5.41) is 7.45. The Labute approximate surface area is 205 Å². The van der Waals surface area contributed by atoms with Crippen LogP contribution in [0.1, 0.15) is 48.7 Å². The van der Waals surface area contributed by atoms with Crippen LogP contribution in [0.25, 0.3) is 11.4 Å². The first-order chi connectivity index (χ1) is 17.1. The van der Waals surface area contributed by atoms with Crippen LogP contribution in [0.4, 0.5) is 0 Å². The van der Waals surface area contributed by atoms with Crippen molar-refractivity contribution in [2.45, 2.75) is 44.7 Å². The Hall–Kier alpha value is -3.39. The lowest BCUT2D eigenvalue weighted by Gasteiger charge is -2.32. The van der Waals surface area contributed by atoms with E-state index in [1.54, 1.807) is 14.2 Å². The van der Waals surface area contributed by atoms with E-state index in [0.717, 1.165) is 62.3 Å². The fourth-order valence-corrected chi connectivity index (χ4v) is 5.08. The normalized spacial score (nSPS) is 18.6. The summed E-state index contributed by atoms with van der Waals surface area (Å²) in [7, 11) is 3.33. The van der Waals surface area contributed by atoms with Gasteiger partial charge in [-0.3, -0.25) is 9.69 Å². The number of rotatable bonds is 7. The maximum atomic E-state index is 13.1. The lowest BCUT2D eigenvalue weighted by Crippen LogP contribution is -2.41. The van der Waals surface area contributed by atoms with Gasteiger partial charge in [-0.15, -0.1) is 0 Å². The summed E-state index contributed by atoms with van der Waals surface area (Å²) in [6, 6.07) is 13.9. The number of aryl methyl sites for hydroxylation is 1. The third-order valence-corrected chi connectivity index (χ3v) is 7.11. The number of ether oxygens (including phenoxy) is 2. The molecule has 8 nitrogen and oxygen atoms in total. The molecular formula is C27H32N4O4. The molecule has 2 aromatic carbocycles. The number of methoxy groups -OCH3 is 2. The molecule has 1 unspecified atom stereocenters. The van der Waals surface area contributed by atoms with Gasteiger partial charge in [-0.1, -0.05) is 11.2 Å². The molecule has 2 aliphatic rings. The van der Waals surface area contributed by atoms with E-state index in [2.05, 4.69) is 32.5 Å². The van der Waals surface area contributed by atoms with E-state index in [4.69, 9.17) is 14.0 Å². The van der Waals surface area contributed by atoms with Gasteiger partial charge in [0, 0.05) is 11.5 Å². The molecule has 1 atom stereocenters.